The molecule has 0 aliphatic heterocycles. The average Bonchev–Trinajstić information content (AvgIpc) is 3.03. The van der Waals surface area contributed by atoms with Crippen LogP contribution in [-0.4, -0.2) is 53.4 Å². The summed E-state index contributed by atoms with van der Waals surface area (Å²) in [7, 11) is 4.95. The number of hydrogen-bond acceptors (Lipinski definition) is 6. The highest BCUT2D eigenvalue weighted by Gasteiger charge is 2.18. The second kappa shape index (κ2) is 10.1. The van der Waals surface area contributed by atoms with Crippen LogP contribution in [0.5, 0.6) is 11.5 Å². The van der Waals surface area contributed by atoms with E-state index in [4.69, 9.17) is 15.2 Å². The van der Waals surface area contributed by atoms with E-state index >= 15 is 0 Å². The Kier molecular flexibility index (Phi) is 8.52. The Morgan fingerprint density at radius 3 is 2.52 bits per heavy atom. The molecule has 0 fully saturated rings. The highest BCUT2D eigenvalue weighted by atomic mass is 35.5. The molecular weight excluding hydrogens is 370 g/mol. The molecule has 8 nitrogen and oxygen atoms in total. The number of carbonyl (C=O) groups is 1. The van der Waals surface area contributed by atoms with Crippen molar-refractivity contribution in [3.05, 3.63) is 35.4 Å². The van der Waals surface area contributed by atoms with Crippen LogP contribution in [0.2, 0.25) is 0 Å². The molecule has 1 aromatic heterocycles. The molecule has 2 N–H and O–H groups in total. The number of nitrogens with two attached hydrogens (primary N) is 1. The number of amides is 1. The standard InChI is InChI=1S/C18H27N5O3.ClH/c1-6-22(3)17(24)11-23-18(12(2)19)20-16(21-23)10-13-7-8-14(25-4)15(9-13)26-5;/h7-9,12H,6,10-11,19H2,1-5H3;1H/t12-;/m1./s1. The Hall–Kier alpha value is -2.32. The summed E-state index contributed by atoms with van der Waals surface area (Å²) in [5, 5.41) is 4.49. The van der Waals surface area contributed by atoms with Gasteiger partial charge in [0.25, 0.3) is 0 Å². The summed E-state index contributed by atoms with van der Waals surface area (Å²) < 4.78 is 12.2. The Balaban J connectivity index is 0.00000364. The van der Waals surface area contributed by atoms with E-state index in [0.717, 1.165) is 5.56 Å². The number of carbonyl (C=O) groups excluding carboxylic acids is 1. The molecule has 0 saturated carbocycles. The zero-order chi connectivity index (χ0) is 19.3. The van der Waals surface area contributed by atoms with Gasteiger partial charge in [-0.1, -0.05) is 6.07 Å². The molecule has 1 heterocycles. The van der Waals surface area contributed by atoms with Crippen LogP contribution in [0.4, 0.5) is 0 Å². The second-order valence-electron chi connectivity index (χ2n) is 6.11. The van der Waals surface area contributed by atoms with Gasteiger partial charge in [-0.15, -0.1) is 12.4 Å². The summed E-state index contributed by atoms with van der Waals surface area (Å²) in [4.78, 5) is 18.4. The third-order valence-corrected chi connectivity index (χ3v) is 4.15. The van der Waals surface area contributed by atoms with Crippen molar-refractivity contribution in [3.63, 3.8) is 0 Å². The Morgan fingerprint density at radius 1 is 1.30 bits per heavy atom. The quantitative estimate of drug-likeness (QED) is 0.729. The minimum Gasteiger partial charge on any atom is -0.493 e. The average molecular weight is 398 g/mol. The zero-order valence-corrected chi connectivity index (χ0v) is 17.2. The third-order valence-electron chi connectivity index (χ3n) is 4.15. The Bertz CT molecular complexity index is 763. The summed E-state index contributed by atoms with van der Waals surface area (Å²) in [5.41, 5.74) is 6.98. The first-order valence-corrected chi connectivity index (χ1v) is 8.53. The van der Waals surface area contributed by atoms with E-state index in [1.165, 1.54) is 0 Å². The van der Waals surface area contributed by atoms with Gasteiger partial charge >= 0.3 is 0 Å². The van der Waals surface area contributed by atoms with Gasteiger partial charge < -0.3 is 20.1 Å². The molecule has 2 rings (SSSR count). The van der Waals surface area contributed by atoms with Gasteiger partial charge in [-0.2, -0.15) is 5.10 Å². The number of likely N-dealkylation sites (N-methyl/N-ethyl adjacent to an activating group) is 1. The molecule has 0 spiro atoms. The number of rotatable bonds is 8. The minimum atomic E-state index is -0.318. The van der Waals surface area contributed by atoms with Crippen molar-refractivity contribution < 1.29 is 14.3 Å². The first kappa shape index (κ1) is 22.7. The molecule has 27 heavy (non-hydrogen) atoms. The maximum atomic E-state index is 12.2. The van der Waals surface area contributed by atoms with Gasteiger partial charge in [-0.25, -0.2) is 9.67 Å². The number of ether oxygens (including phenoxy) is 2. The van der Waals surface area contributed by atoms with E-state index in [9.17, 15) is 4.79 Å². The van der Waals surface area contributed by atoms with Crippen LogP contribution in [0.15, 0.2) is 18.2 Å². The fourth-order valence-electron chi connectivity index (χ4n) is 2.53. The van der Waals surface area contributed by atoms with Gasteiger partial charge in [-0.05, 0) is 31.5 Å². The molecule has 1 atom stereocenters. The van der Waals surface area contributed by atoms with E-state index in [1.807, 2.05) is 32.0 Å². The first-order chi connectivity index (χ1) is 12.4. The van der Waals surface area contributed by atoms with Gasteiger partial charge in [0, 0.05) is 20.0 Å². The summed E-state index contributed by atoms with van der Waals surface area (Å²) in [6.07, 6.45) is 0.505. The Labute approximate surface area is 166 Å². The second-order valence-corrected chi connectivity index (χ2v) is 6.11. The van der Waals surface area contributed by atoms with Gasteiger partial charge in [0.15, 0.2) is 17.3 Å². The lowest BCUT2D eigenvalue weighted by atomic mass is 10.1. The van der Waals surface area contributed by atoms with Crippen molar-refractivity contribution in [1.82, 2.24) is 19.7 Å². The molecule has 9 heteroatoms. The summed E-state index contributed by atoms with van der Waals surface area (Å²) in [6.45, 7) is 4.52. The molecule has 2 aromatic rings. The molecule has 0 unspecified atom stereocenters. The van der Waals surface area contributed by atoms with Crippen LogP contribution in [0.3, 0.4) is 0 Å². The van der Waals surface area contributed by atoms with Gasteiger partial charge in [0.1, 0.15) is 12.4 Å². The van der Waals surface area contributed by atoms with Gasteiger partial charge in [0.2, 0.25) is 5.91 Å². The number of benzene rings is 1. The van der Waals surface area contributed by atoms with Crippen LogP contribution in [0, 0.1) is 0 Å². The van der Waals surface area contributed by atoms with E-state index in [0.29, 0.717) is 36.1 Å². The molecule has 0 aliphatic carbocycles. The summed E-state index contributed by atoms with van der Waals surface area (Å²) in [5.74, 6) is 2.49. The zero-order valence-electron chi connectivity index (χ0n) is 16.4. The molecule has 0 saturated heterocycles. The molecule has 1 amide bonds. The van der Waals surface area contributed by atoms with Gasteiger partial charge in [0.05, 0.1) is 20.3 Å². The molecular formula is C18H28ClN5O3. The van der Waals surface area contributed by atoms with Crippen LogP contribution in [0.1, 0.15) is 37.1 Å². The molecule has 1 aromatic carbocycles. The number of hydrogen-bond donors (Lipinski definition) is 1. The number of aromatic nitrogens is 3. The third kappa shape index (κ3) is 5.58. The maximum Gasteiger partial charge on any atom is 0.244 e. The number of halogens is 1. The summed E-state index contributed by atoms with van der Waals surface area (Å²) in [6, 6.07) is 5.35. The summed E-state index contributed by atoms with van der Waals surface area (Å²) >= 11 is 0. The monoisotopic (exact) mass is 397 g/mol. The smallest absolute Gasteiger partial charge is 0.244 e. The fourth-order valence-corrected chi connectivity index (χ4v) is 2.53. The number of methoxy groups -OCH3 is 2. The first-order valence-electron chi connectivity index (χ1n) is 8.53. The van der Waals surface area contributed by atoms with Crippen LogP contribution >= 0.6 is 12.4 Å². The number of nitrogens with zero attached hydrogens (tertiary/aromatic N) is 4. The van der Waals surface area contributed by atoms with Crippen molar-refractivity contribution in [2.45, 2.75) is 32.9 Å². The molecule has 150 valence electrons. The minimum absolute atomic E-state index is 0. The molecule has 0 aliphatic rings. The van der Waals surface area contributed by atoms with Crippen LogP contribution in [-0.2, 0) is 17.8 Å². The lowest BCUT2D eigenvalue weighted by Crippen LogP contribution is -2.31. The van der Waals surface area contributed by atoms with Gasteiger partial charge in [-0.3, -0.25) is 4.79 Å². The van der Waals surface area contributed by atoms with Crippen molar-refractivity contribution >= 4 is 18.3 Å². The SMILES string of the molecule is CCN(C)C(=O)Cn1nc(Cc2ccc(OC)c(OC)c2)nc1[C@@H](C)N.Cl. The maximum absolute atomic E-state index is 12.2. The van der Waals surface area contributed by atoms with Crippen LogP contribution in [0.25, 0.3) is 0 Å². The lowest BCUT2D eigenvalue weighted by Gasteiger charge is -2.15. The highest BCUT2D eigenvalue weighted by molar-refractivity contribution is 5.85. The predicted molar refractivity (Wildman–Crippen MR) is 106 cm³/mol. The highest BCUT2D eigenvalue weighted by Crippen LogP contribution is 2.28. The predicted octanol–water partition coefficient (Wildman–Crippen LogP) is 1.81. The van der Waals surface area contributed by atoms with E-state index in [2.05, 4.69) is 10.1 Å². The van der Waals surface area contributed by atoms with Crippen molar-refractivity contribution in [1.29, 1.82) is 0 Å². The Morgan fingerprint density at radius 2 is 1.96 bits per heavy atom. The molecule has 0 radical (unpaired) electrons. The molecule has 0 bridgehead atoms. The topological polar surface area (TPSA) is 95.5 Å². The van der Waals surface area contributed by atoms with Crippen LogP contribution < -0.4 is 15.2 Å². The van der Waals surface area contributed by atoms with Crippen molar-refractivity contribution in [2.24, 2.45) is 5.73 Å². The van der Waals surface area contributed by atoms with E-state index < -0.39 is 0 Å². The lowest BCUT2D eigenvalue weighted by molar-refractivity contribution is -0.130. The largest absolute Gasteiger partial charge is 0.493 e. The van der Waals surface area contributed by atoms with E-state index in [-0.39, 0.29) is 30.9 Å². The van der Waals surface area contributed by atoms with E-state index in [1.54, 1.807) is 30.8 Å². The van der Waals surface area contributed by atoms with Crippen molar-refractivity contribution in [3.8, 4) is 11.5 Å². The fraction of sp³-hybridized carbons (Fsp3) is 0.500. The normalized spacial score (nSPS) is 11.5. The van der Waals surface area contributed by atoms with Crippen molar-refractivity contribution in [2.75, 3.05) is 27.8 Å².